The fourth-order valence-corrected chi connectivity index (χ4v) is 3.91. The van der Waals surface area contributed by atoms with Crippen molar-refractivity contribution in [3.63, 3.8) is 0 Å². The van der Waals surface area contributed by atoms with E-state index in [0.717, 1.165) is 25.1 Å². The summed E-state index contributed by atoms with van der Waals surface area (Å²) in [6, 6.07) is 11.9. The molecule has 1 aromatic carbocycles. The van der Waals surface area contributed by atoms with Crippen molar-refractivity contribution in [3.05, 3.63) is 60.0 Å². The molecule has 1 spiro atoms. The van der Waals surface area contributed by atoms with Gasteiger partial charge < -0.3 is 15.0 Å². The van der Waals surface area contributed by atoms with Crippen molar-refractivity contribution in [2.45, 2.75) is 30.9 Å². The van der Waals surface area contributed by atoms with Gasteiger partial charge in [-0.15, -0.1) is 0 Å². The minimum atomic E-state index is -0.390. The third-order valence-electron chi connectivity index (χ3n) is 5.19. The van der Waals surface area contributed by atoms with Crippen LogP contribution in [0.4, 0.5) is 10.2 Å². The molecule has 0 saturated carbocycles. The van der Waals surface area contributed by atoms with Crippen molar-refractivity contribution >= 4 is 11.7 Å². The van der Waals surface area contributed by atoms with Crippen LogP contribution in [-0.2, 0) is 4.74 Å². The molecule has 0 aliphatic carbocycles. The number of anilines is 1. The molecule has 2 fully saturated rings. The van der Waals surface area contributed by atoms with Crippen LogP contribution in [0.1, 0.15) is 29.6 Å². The molecule has 2 saturated heterocycles. The molecule has 3 heterocycles. The Morgan fingerprint density at radius 1 is 1.31 bits per heavy atom. The molecule has 5 nitrogen and oxygen atoms in total. The van der Waals surface area contributed by atoms with Crippen LogP contribution >= 0.6 is 0 Å². The molecule has 1 aromatic heterocycles. The highest BCUT2D eigenvalue weighted by atomic mass is 19.1. The smallest absolute Gasteiger partial charge is 0.254 e. The van der Waals surface area contributed by atoms with E-state index >= 15 is 0 Å². The number of rotatable bonds is 3. The molecule has 2 aliphatic heterocycles. The van der Waals surface area contributed by atoms with Gasteiger partial charge in [-0.3, -0.25) is 4.79 Å². The van der Waals surface area contributed by atoms with Crippen LogP contribution < -0.4 is 5.32 Å². The van der Waals surface area contributed by atoms with Crippen LogP contribution in [0.25, 0.3) is 0 Å². The van der Waals surface area contributed by atoms with Gasteiger partial charge in [-0.05, 0) is 49.6 Å². The third kappa shape index (κ3) is 3.55. The van der Waals surface area contributed by atoms with Gasteiger partial charge >= 0.3 is 0 Å². The predicted octanol–water partition coefficient (Wildman–Crippen LogP) is 3.10. The summed E-state index contributed by atoms with van der Waals surface area (Å²) in [4.78, 5) is 18.8. The normalized spacial score (nSPS) is 25.4. The summed E-state index contributed by atoms with van der Waals surface area (Å²) >= 11 is 0. The van der Waals surface area contributed by atoms with Crippen molar-refractivity contribution in [3.8, 4) is 0 Å². The zero-order chi connectivity index (χ0) is 18.0. The molecule has 1 N–H and O–H groups in total. The number of hydrogen-bond acceptors (Lipinski definition) is 4. The van der Waals surface area contributed by atoms with Gasteiger partial charge in [-0.2, -0.15) is 0 Å². The maximum atomic E-state index is 13.4. The standard InChI is InChI=1S/C20H22FN3O2/c21-16-5-3-4-15(12-16)19(25)24-10-8-20(14-24)13-17(7-11-26-20)23-18-6-1-2-9-22-18/h1-6,9,12,17H,7-8,10-11,13-14H2,(H,22,23)/t17-,20-/m0/s1. The number of nitrogens with one attached hydrogen (secondary N) is 1. The van der Waals surface area contributed by atoms with Gasteiger partial charge in [0.15, 0.2) is 0 Å². The second-order valence-corrected chi connectivity index (χ2v) is 7.07. The molecule has 136 valence electrons. The number of benzene rings is 1. The Hall–Kier alpha value is -2.47. The Bertz CT molecular complexity index is 786. The molecule has 2 aliphatic rings. The van der Waals surface area contributed by atoms with E-state index in [2.05, 4.69) is 10.3 Å². The summed E-state index contributed by atoms with van der Waals surface area (Å²) in [5.74, 6) is 0.336. The van der Waals surface area contributed by atoms with E-state index in [-0.39, 0.29) is 17.6 Å². The van der Waals surface area contributed by atoms with Crippen LogP contribution in [0, 0.1) is 5.82 Å². The van der Waals surface area contributed by atoms with E-state index in [1.54, 1.807) is 23.2 Å². The highest BCUT2D eigenvalue weighted by Gasteiger charge is 2.44. The van der Waals surface area contributed by atoms with E-state index < -0.39 is 5.82 Å². The molecule has 26 heavy (non-hydrogen) atoms. The minimum Gasteiger partial charge on any atom is -0.373 e. The van der Waals surface area contributed by atoms with E-state index in [4.69, 9.17) is 4.74 Å². The largest absolute Gasteiger partial charge is 0.373 e. The average Bonchev–Trinajstić information content (AvgIpc) is 3.05. The number of nitrogens with zero attached hydrogens (tertiary/aromatic N) is 2. The summed E-state index contributed by atoms with van der Waals surface area (Å²) in [6.45, 7) is 1.83. The summed E-state index contributed by atoms with van der Waals surface area (Å²) < 4.78 is 19.5. The number of likely N-dealkylation sites (tertiary alicyclic amines) is 1. The number of pyridine rings is 1. The first-order chi connectivity index (χ1) is 12.6. The van der Waals surface area contributed by atoms with Gasteiger partial charge in [0.05, 0.1) is 12.1 Å². The van der Waals surface area contributed by atoms with Crippen LogP contribution in [0.15, 0.2) is 48.7 Å². The molecular weight excluding hydrogens is 333 g/mol. The fourth-order valence-electron chi connectivity index (χ4n) is 3.91. The van der Waals surface area contributed by atoms with Crippen LogP contribution in [0.5, 0.6) is 0 Å². The predicted molar refractivity (Wildman–Crippen MR) is 96.5 cm³/mol. The van der Waals surface area contributed by atoms with Crippen LogP contribution in [0.3, 0.4) is 0 Å². The second kappa shape index (κ2) is 7.03. The molecule has 6 heteroatoms. The number of ether oxygens (including phenoxy) is 1. The van der Waals surface area contributed by atoms with E-state index in [1.807, 2.05) is 18.2 Å². The topological polar surface area (TPSA) is 54.5 Å². The summed E-state index contributed by atoms with van der Waals surface area (Å²) in [5, 5.41) is 3.47. The zero-order valence-corrected chi connectivity index (χ0v) is 14.5. The Morgan fingerprint density at radius 3 is 3.04 bits per heavy atom. The maximum absolute atomic E-state index is 13.4. The van der Waals surface area contributed by atoms with E-state index in [9.17, 15) is 9.18 Å². The Labute approximate surface area is 152 Å². The molecule has 4 rings (SSSR count). The molecule has 2 atom stereocenters. The molecule has 2 aromatic rings. The quantitative estimate of drug-likeness (QED) is 0.919. The Morgan fingerprint density at radius 2 is 2.23 bits per heavy atom. The summed E-state index contributed by atoms with van der Waals surface area (Å²) in [6.07, 6.45) is 4.31. The monoisotopic (exact) mass is 355 g/mol. The highest BCUT2D eigenvalue weighted by molar-refractivity contribution is 5.94. The lowest BCUT2D eigenvalue weighted by Crippen LogP contribution is -2.47. The number of halogens is 1. The number of carbonyl (C=O) groups excluding carboxylic acids is 1. The number of carbonyl (C=O) groups is 1. The second-order valence-electron chi connectivity index (χ2n) is 7.07. The minimum absolute atomic E-state index is 0.134. The van der Waals surface area contributed by atoms with E-state index in [1.165, 1.54) is 12.1 Å². The Kier molecular flexibility index (Phi) is 4.59. The van der Waals surface area contributed by atoms with Gasteiger partial charge in [0.25, 0.3) is 5.91 Å². The maximum Gasteiger partial charge on any atom is 0.254 e. The molecule has 1 amide bonds. The lowest BCUT2D eigenvalue weighted by molar-refractivity contribution is -0.0720. The molecule has 0 bridgehead atoms. The van der Waals surface area contributed by atoms with Crippen LogP contribution in [-0.4, -0.2) is 47.1 Å². The average molecular weight is 355 g/mol. The molecule has 0 radical (unpaired) electrons. The zero-order valence-electron chi connectivity index (χ0n) is 14.5. The van der Waals surface area contributed by atoms with Gasteiger partial charge in [0.2, 0.25) is 0 Å². The lowest BCUT2D eigenvalue weighted by atomic mass is 9.89. The third-order valence-corrected chi connectivity index (χ3v) is 5.19. The number of aromatic nitrogens is 1. The lowest BCUT2D eigenvalue weighted by Gasteiger charge is -2.38. The fraction of sp³-hybridized carbons (Fsp3) is 0.400. The number of amides is 1. The van der Waals surface area contributed by atoms with Crippen molar-refractivity contribution in [1.29, 1.82) is 0 Å². The molecular formula is C20H22FN3O2. The van der Waals surface area contributed by atoms with Gasteiger partial charge in [0, 0.05) is 31.0 Å². The first-order valence-corrected chi connectivity index (χ1v) is 9.00. The first-order valence-electron chi connectivity index (χ1n) is 9.00. The van der Waals surface area contributed by atoms with Gasteiger partial charge in [-0.1, -0.05) is 12.1 Å². The number of hydrogen-bond donors (Lipinski definition) is 1. The van der Waals surface area contributed by atoms with Crippen molar-refractivity contribution in [2.24, 2.45) is 0 Å². The Balaban J connectivity index is 1.42. The van der Waals surface area contributed by atoms with Crippen molar-refractivity contribution in [1.82, 2.24) is 9.88 Å². The SMILES string of the molecule is O=C(c1cccc(F)c1)N1CC[C@]2(C[C@@H](Nc3ccccn3)CCO2)C1. The summed E-state index contributed by atoms with van der Waals surface area (Å²) in [7, 11) is 0. The van der Waals surface area contributed by atoms with Crippen LogP contribution in [0.2, 0.25) is 0 Å². The van der Waals surface area contributed by atoms with Gasteiger partial charge in [0.1, 0.15) is 11.6 Å². The first kappa shape index (κ1) is 17.0. The van der Waals surface area contributed by atoms with Gasteiger partial charge in [-0.25, -0.2) is 9.37 Å². The van der Waals surface area contributed by atoms with Crippen molar-refractivity contribution in [2.75, 3.05) is 25.0 Å². The van der Waals surface area contributed by atoms with E-state index in [0.29, 0.717) is 25.3 Å². The molecule has 0 unspecified atom stereocenters. The van der Waals surface area contributed by atoms with Crippen molar-refractivity contribution < 1.29 is 13.9 Å². The summed E-state index contributed by atoms with van der Waals surface area (Å²) in [5.41, 5.74) is 0.0641. The highest BCUT2D eigenvalue weighted by Crippen LogP contribution is 2.35.